The monoisotopic (exact) mass is 517 g/mol. The zero-order valence-electron chi connectivity index (χ0n) is 19.9. The van der Waals surface area contributed by atoms with E-state index in [1.165, 1.54) is 10.7 Å². The third-order valence-electron chi connectivity index (χ3n) is 5.99. The Kier molecular flexibility index (Phi) is 6.60. The minimum Gasteiger partial charge on any atom is -0.382 e. The lowest BCUT2D eigenvalue weighted by atomic mass is 10.0. The number of nitrogens with zero attached hydrogens (tertiary/aromatic N) is 6. The zero-order valence-corrected chi connectivity index (χ0v) is 20.7. The van der Waals surface area contributed by atoms with Crippen LogP contribution in [0.3, 0.4) is 0 Å². The van der Waals surface area contributed by atoms with E-state index in [1.807, 2.05) is 12.1 Å². The van der Waals surface area contributed by atoms with Gasteiger partial charge < -0.3 is 21.5 Å². The van der Waals surface area contributed by atoms with Gasteiger partial charge in [-0.1, -0.05) is 23.6 Å². The Balaban J connectivity index is 1.35. The van der Waals surface area contributed by atoms with Gasteiger partial charge in [0, 0.05) is 10.7 Å². The number of nitrogen functional groups attached to an aromatic ring is 1. The van der Waals surface area contributed by atoms with E-state index in [-0.39, 0.29) is 17.2 Å². The Hall–Kier alpha value is -4.27. The molecule has 37 heavy (non-hydrogen) atoms. The molecule has 0 unspecified atom stereocenters. The van der Waals surface area contributed by atoms with Crippen LogP contribution in [0.15, 0.2) is 42.6 Å². The van der Waals surface area contributed by atoms with E-state index in [2.05, 4.69) is 47.7 Å². The molecule has 1 aliphatic carbocycles. The number of hydrogen-bond donors (Lipinski definition) is 4. The summed E-state index contributed by atoms with van der Waals surface area (Å²) in [4.78, 5) is 21.3. The topological polar surface area (TPSA) is 156 Å². The van der Waals surface area contributed by atoms with E-state index in [9.17, 15) is 9.90 Å². The molecule has 0 aliphatic heterocycles. The van der Waals surface area contributed by atoms with Crippen LogP contribution in [0.1, 0.15) is 60.7 Å². The number of nitrogens with two attached hydrogens (primary N) is 1. The summed E-state index contributed by atoms with van der Waals surface area (Å²) in [6.45, 7) is 1.75. The van der Waals surface area contributed by atoms with E-state index >= 15 is 0 Å². The molecule has 5 rings (SSSR count). The lowest BCUT2D eigenvalue weighted by molar-refractivity contribution is 0.0933. The number of benzene rings is 1. The molecular formula is C25H24ClN9O2. The number of carbonyl (C=O) groups excluding carboxylic acids is 1. The number of carbonyl (C=O) groups is 1. The first-order valence-electron chi connectivity index (χ1n) is 11.7. The number of nitrogens with one attached hydrogen (secondary N) is 2. The molecule has 0 saturated heterocycles. The molecule has 188 valence electrons. The fourth-order valence-electron chi connectivity index (χ4n) is 4.08. The van der Waals surface area contributed by atoms with Gasteiger partial charge in [-0.3, -0.25) is 4.79 Å². The number of hydrogen-bond acceptors (Lipinski definition) is 9. The maximum atomic E-state index is 13.0. The van der Waals surface area contributed by atoms with Crippen molar-refractivity contribution in [2.45, 2.75) is 44.2 Å². The highest BCUT2D eigenvalue weighted by molar-refractivity contribution is 6.30. The highest BCUT2D eigenvalue weighted by atomic mass is 35.5. The molecule has 4 aromatic rings. The minimum absolute atomic E-state index is 0.0351. The zero-order chi connectivity index (χ0) is 26.0. The van der Waals surface area contributed by atoms with Crippen LogP contribution in [-0.2, 0) is 0 Å². The first kappa shape index (κ1) is 24.4. The van der Waals surface area contributed by atoms with Gasteiger partial charge in [0.05, 0.1) is 12.2 Å². The van der Waals surface area contributed by atoms with Crippen molar-refractivity contribution in [1.29, 1.82) is 0 Å². The second-order valence-corrected chi connectivity index (χ2v) is 9.29. The van der Waals surface area contributed by atoms with E-state index in [4.69, 9.17) is 17.3 Å². The molecular weight excluding hydrogens is 494 g/mol. The van der Waals surface area contributed by atoms with Gasteiger partial charge in [0.25, 0.3) is 5.91 Å². The molecule has 1 saturated carbocycles. The van der Waals surface area contributed by atoms with E-state index in [0.717, 1.165) is 18.5 Å². The largest absolute Gasteiger partial charge is 0.382 e. The van der Waals surface area contributed by atoms with Crippen LogP contribution in [0.25, 0.3) is 5.65 Å². The third kappa shape index (κ3) is 5.45. The molecule has 0 bridgehead atoms. The number of fused-ring (bicyclic) bond motifs is 1. The van der Waals surface area contributed by atoms with Crippen molar-refractivity contribution < 1.29 is 9.90 Å². The molecule has 3 aromatic heterocycles. The average molecular weight is 518 g/mol. The number of halogens is 1. The summed E-state index contributed by atoms with van der Waals surface area (Å²) in [5, 5.41) is 29.9. The van der Waals surface area contributed by atoms with E-state index in [1.54, 1.807) is 31.2 Å². The lowest BCUT2D eigenvalue weighted by Gasteiger charge is -2.13. The molecule has 1 aromatic carbocycles. The summed E-state index contributed by atoms with van der Waals surface area (Å²) in [5.74, 6) is 6.04. The summed E-state index contributed by atoms with van der Waals surface area (Å²) in [5.41, 5.74) is 6.36. The first-order valence-corrected chi connectivity index (χ1v) is 12.1. The SMILES string of the molecule is C[C@@H](NC(=O)c1nc(C#CC2(O)CCCC2)cnc1N)c1nnc2ccc(Nc3cccc(Cl)c3)nn12. The number of rotatable bonds is 5. The second kappa shape index (κ2) is 10.0. The van der Waals surface area contributed by atoms with Crippen LogP contribution in [0, 0.1) is 11.8 Å². The maximum Gasteiger partial charge on any atom is 0.274 e. The maximum absolute atomic E-state index is 13.0. The van der Waals surface area contributed by atoms with Gasteiger partial charge in [0.1, 0.15) is 11.3 Å². The highest BCUT2D eigenvalue weighted by Gasteiger charge is 2.28. The van der Waals surface area contributed by atoms with E-state index in [0.29, 0.717) is 35.2 Å². The molecule has 1 amide bonds. The summed E-state index contributed by atoms with van der Waals surface area (Å²) in [7, 11) is 0. The van der Waals surface area contributed by atoms with E-state index < -0.39 is 17.6 Å². The second-order valence-electron chi connectivity index (χ2n) is 8.86. The fraction of sp³-hybridized carbons (Fsp3) is 0.280. The van der Waals surface area contributed by atoms with Gasteiger partial charge in [-0.05, 0) is 68.9 Å². The van der Waals surface area contributed by atoms with Crippen LogP contribution >= 0.6 is 11.6 Å². The molecule has 5 N–H and O–H groups in total. The smallest absolute Gasteiger partial charge is 0.274 e. The summed E-state index contributed by atoms with van der Waals surface area (Å²) < 4.78 is 1.54. The predicted molar refractivity (Wildman–Crippen MR) is 138 cm³/mol. The van der Waals surface area contributed by atoms with Crippen LogP contribution < -0.4 is 16.4 Å². The summed E-state index contributed by atoms with van der Waals surface area (Å²) in [6.07, 6.45) is 4.46. The summed E-state index contributed by atoms with van der Waals surface area (Å²) in [6, 6.07) is 10.2. The van der Waals surface area contributed by atoms with Crippen molar-refractivity contribution in [2.24, 2.45) is 0 Å². The normalized spacial score (nSPS) is 15.1. The third-order valence-corrected chi connectivity index (χ3v) is 6.22. The molecule has 3 heterocycles. The summed E-state index contributed by atoms with van der Waals surface area (Å²) >= 11 is 6.07. The van der Waals surface area contributed by atoms with Crippen LogP contribution in [0.2, 0.25) is 5.02 Å². The molecule has 1 atom stereocenters. The van der Waals surface area contributed by atoms with Gasteiger partial charge in [-0.2, -0.15) is 4.52 Å². The van der Waals surface area contributed by atoms with Gasteiger partial charge in [-0.25, -0.2) is 9.97 Å². The Labute approximate surface area is 217 Å². The lowest BCUT2D eigenvalue weighted by Crippen LogP contribution is -2.30. The van der Waals surface area contributed by atoms with Gasteiger partial charge in [0.2, 0.25) is 0 Å². The van der Waals surface area contributed by atoms with Crippen molar-refractivity contribution >= 4 is 40.5 Å². The fourth-order valence-corrected chi connectivity index (χ4v) is 4.27. The van der Waals surface area contributed by atoms with Crippen molar-refractivity contribution in [3.8, 4) is 11.8 Å². The van der Waals surface area contributed by atoms with Crippen LogP contribution in [-0.4, -0.2) is 46.4 Å². The van der Waals surface area contributed by atoms with Crippen LogP contribution in [0.5, 0.6) is 0 Å². The van der Waals surface area contributed by atoms with Gasteiger partial charge >= 0.3 is 0 Å². The van der Waals surface area contributed by atoms with Crippen molar-refractivity contribution in [3.05, 3.63) is 64.8 Å². The Bertz CT molecular complexity index is 1540. The van der Waals surface area contributed by atoms with Crippen molar-refractivity contribution in [1.82, 2.24) is 35.1 Å². The first-order chi connectivity index (χ1) is 17.8. The molecule has 11 nitrogen and oxygen atoms in total. The number of anilines is 3. The van der Waals surface area contributed by atoms with Crippen molar-refractivity contribution in [2.75, 3.05) is 11.1 Å². The Morgan fingerprint density at radius 3 is 2.84 bits per heavy atom. The standard InChI is InChI=1S/C25H24ClN9O2/c1-15(23-33-32-20-8-7-19(34-35(20)23)30-17-6-4-5-16(26)13-17)29-24(36)21-22(27)28-14-18(31-21)9-12-25(37)10-2-3-11-25/h4-8,13-15,37H,2-3,10-11H2,1H3,(H2,27,28)(H,29,36)(H,30,34)/t15-/m1/s1. The van der Waals surface area contributed by atoms with Gasteiger partial charge in [-0.15, -0.1) is 15.3 Å². The molecule has 0 spiro atoms. The Morgan fingerprint density at radius 2 is 2.05 bits per heavy atom. The number of aliphatic hydroxyl groups is 1. The molecule has 1 fully saturated rings. The molecule has 1 aliphatic rings. The quantitative estimate of drug-likeness (QED) is 0.292. The predicted octanol–water partition coefficient (Wildman–Crippen LogP) is 3.04. The highest BCUT2D eigenvalue weighted by Crippen LogP contribution is 2.28. The van der Waals surface area contributed by atoms with Crippen LogP contribution in [0.4, 0.5) is 17.3 Å². The average Bonchev–Trinajstić information content (AvgIpc) is 3.50. The number of aromatic nitrogens is 6. The van der Waals surface area contributed by atoms with Gasteiger partial charge in [0.15, 0.2) is 28.8 Å². The Morgan fingerprint density at radius 1 is 1.24 bits per heavy atom. The van der Waals surface area contributed by atoms with Crippen molar-refractivity contribution in [3.63, 3.8) is 0 Å². The molecule has 0 radical (unpaired) electrons. The number of amides is 1. The molecule has 12 heteroatoms. The minimum atomic E-state index is -1.03.